The standard InChI is InChI=1S/C25H33N5O7S/c1-38-10-8-18(25(36)37)28-23(34)20-7-4-9-30(20)24(35)19(29-22(33)16(26)12-21(31)32)11-14-13-27-17-6-3-2-5-15(14)17/h2-3,5-6,13,16,18-20,27H,4,7-12,26H2,1H3,(H,28,34)(H,29,33)(H,31,32)(H,36,37). The van der Waals surface area contributed by atoms with E-state index in [4.69, 9.17) is 10.8 Å². The number of aromatic nitrogens is 1. The first-order chi connectivity index (χ1) is 18.1. The molecule has 1 saturated heterocycles. The first-order valence-electron chi connectivity index (χ1n) is 12.3. The lowest BCUT2D eigenvalue weighted by atomic mass is 10.0. The Morgan fingerprint density at radius 2 is 1.89 bits per heavy atom. The zero-order chi connectivity index (χ0) is 27.8. The number of hydrogen-bond acceptors (Lipinski definition) is 7. The number of amides is 3. The lowest BCUT2D eigenvalue weighted by Gasteiger charge is -2.30. The van der Waals surface area contributed by atoms with Crippen molar-refractivity contribution in [1.29, 1.82) is 0 Å². The number of benzene rings is 1. The molecule has 3 rings (SSSR count). The number of nitrogens with one attached hydrogen (secondary N) is 3. The molecule has 2 heterocycles. The van der Waals surface area contributed by atoms with Gasteiger partial charge in [0.2, 0.25) is 17.7 Å². The smallest absolute Gasteiger partial charge is 0.326 e. The average Bonchev–Trinajstić information content (AvgIpc) is 3.52. The maximum Gasteiger partial charge on any atom is 0.326 e. The Morgan fingerprint density at radius 1 is 1.16 bits per heavy atom. The van der Waals surface area contributed by atoms with Crippen LogP contribution < -0.4 is 16.4 Å². The van der Waals surface area contributed by atoms with E-state index < -0.39 is 60.2 Å². The number of carbonyl (C=O) groups excluding carboxylic acids is 3. The summed E-state index contributed by atoms with van der Waals surface area (Å²) in [7, 11) is 0. The van der Waals surface area contributed by atoms with E-state index in [1.54, 1.807) is 6.20 Å². The Labute approximate surface area is 223 Å². The largest absolute Gasteiger partial charge is 0.481 e. The molecule has 12 nitrogen and oxygen atoms in total. The molecule has 7 N–H and O–H groups in total. The van der Waals surface area contributed by atoms with Crippen LogP contribution in [0, 0.1) is 0 Å². The zero-order valence-electron chi connectivity index (χ0n) is 21.0. The molecule has 0 aliphatic carbocycles. The number of nitrogens with zero attached hydrogens (tertiary/aromatic N) is 1. The highest BCUT2D eigenvalue weighted by Crippen LogP contribution is 2.23. The number of H-pyrrole nitrogens is 1. The van der Waals surface area contributed by atoms with Crippen molar-refractivity contribution in [3.63, 3.8) is 0 Å². The predicted molar refractivity (Wildman–Crippen MR) is 141 cm³/mol. The van der Waals surface area contributed by atoms with Crippen LogP contribution in [-0.2, 0) is 30.4 Å². The summed E-state index contributed by atoms with van der Waals surface area (Å²) >= 11 is 1.46. The maximum atomic E-state index is 13.7. The number of rotatable bonds is 13. The van der Waals surface area contributed by atoms with Crippen molar-refractivity contribution in [3.05, 3.63) is 36.0 Å². The summed E-state index contributed by atoms with van der Waals surface area (Å²) < 4.78 is 0. The minimum Gasteiger partial charge on any atom is -0.481 e. The minimum absolute atomic E-state index is 0.0741. The second-order valence-corrected chi connectivity index (χ2v) is 10.2. The average molecular weight is 548 g/mol. The number of likely N-dealkylation sites (tertiary alicyclic amines) is 1. The maximum absolute atomic E-state index is 13.7. The Hall–Kier alpha value is -3.58. The van der Waals surface area contributed by atoms with Gasteiger partial charge in [-0.1, -0.05) is 18.2 Å². The molecule has 1 aliphatic rings. The monoisotopic (exact) mass is 547 g/mol. The van der Waals surface area contributed by atoms with Gasteiger partial charge in [0, 0.05) is 30.1 Å². The number of nitrogens with two attached hydrogens (primary N) is 1. The van der Waals surface area contributed by atoms with Gasteiger partial charge in [-0.15, -0.1) is 0 Å². The van der Waals surface area contributed by atoms with E-state index in [9.17, 15) is 29.1 Å². The summed E-state index contributed by atoms with van der Waals surface area (Å²) in [5.41, 5.74) is 7.32. The van der Waals surface area contributed by atoms with Crippen molar-refractivity contribution in [1.82, 2.24) is 20.5 Å². The lowest BCUT2D eigenvalue weighted by Crippen LogP contribution is -2.57. The van der Waals surface area contributed by atoms with Gasteiger partial charge in [-0.2, -0.15) is 11.8 Å². The van der Waals surface area contributed by atoms with Crippen molar-refractivity contribution in [2.75, 3.05) is 18.6 Å². The van der Waals surface area contributed by atoms with Crippen molar-refractivity contribution >= 4 is 52.3 Å². The fourth-order valence-corrected chi connectivity index (χ4v) is 5.02. The SMILES string of the molecule is CSCCC(NC(=O)C1CCCN1C(=O)C(Cc1c[nH]c2ccccc12)NC(=O)C(N)CC(=O)O)C(=O)O. The topological polar surface area (TPSA) is 195 Å². The normalized spacial score (nSPS) is 17.5. The molecule has 38 heavy (non-hydrogen) atoms. The number of para-hydroxylation sites is 1. The highest BCUT2D eigenvalue weighted by Gasteiger charge is 2.39. The summed E-state index contributed by atoms with van der Waals surface area (Å²) in [4.78, 5) is 66.6. The Morgan fingerprint density at radius 3 is 2.58 bits per heavy atom. The van der Waals surface area contributed by atoms with E-state index >= 15 is 0 Å². The van der Waals surface area contributed by atoms with Gasteiger partial charge in [0.25, 0.3) is 0 Å². The fraction of sp³-hybridized carbons (Fsp3) is 0.480. The van der Waals surface area contributed by atoms with Gasteiger partial charge < -0.3 is 36.5 Å². The summed E-state index contributed by atoms with van der Waals surface area (Å²) in [5, 5.41) is 24.5. The number of carboxylic acids is 2. The van der Waals surface area contributed by atoms with E-state index in [0.29, 0.717) is 18.6 Å². The number of carbonyl (C=O) groups is 5. The van der Waals surface area contributed by atoms with Crippen LogP contribution in [0.25, 0.3) is 10.9 Å². The Bertz CT molecular complexity index is 1190. The molecule has 1 aromatic carbocycles. The van der Waals surface area contributed by atoms with Gasteiger partial charge in [0.15, 0.2) is 0 Å². The number of hydrogen-bond donors (Lipinski definition) is 6. The molecule has 4 unspecified atom stereocenters. The molecule has 1 aliphatic heterocycles. The number of aliphatic carboxylic acids is 2. The predicted octanol–water partition coefficient (Wildman–Crippen LogP) is 0.311. The molecule has 1 fully saturated rings. The van der Waals surface area contributed by atoms with Crippen molar-refractivity contribution < 1.29 is 34.2 Å². The van der Waals surface area contributed by atoms with E-state index in [1.807, 2.05) is 30.5 Å². The lowest BCUT2D eigenvalue weighted by molar-refractivity contribution is -0.145. The number of carboxylic acid groups (broad SMARTS) is 2. The van der Waals surface area contributed by atoms with E-state index in [0.717, 1.165) is 16.5 Å². The van der Waals surface area contributed by atoms with Gasteiger partial charge in [-0.05, 0) is 42.9 Å². The van der Waals surface area contributed by atoms with Gasteiger partial charge in [0.05, 0.1) is 12.5 Å². The molecule has 3 amide bonds. The molecular weight excluding hydrogens is 514 g/mol. The van der Waals surface area contributed by atoms with Crippen molar-refractivity contribution in [2.45, 2.75) is 56.3 Å². The summed E-state index contributed by atoms with van der Waals surface area (Å²) in [6.45, 7) is 0.251. The highest BCUT2D eigenvalue weighted by atomic mass is 32.2. The van der Waals surface area contributed by atoms with Crippen molar-refractivity contribution in [2.24, 2.45) is 5.73 Å². The van der Waals surface area contributed by atoms with Crippen LogP contribution in [0.4, 0.5) is 0 Å². The van der Waals surface area contributed by atoms with E-state index in [2.05, 4.69) is 15.6 Å². The fourth-order valence-electron chi connectivity index (χ4n) is 4.54. The number of thioether (sulfide) groups is 1. The van der Waals surface area contributed by atoms with Crippen LogP contribution in [0.15, 0.2) is 30.5 Å². The van der Waals surface area contributed by atoms with Crippen LogP contribution >= 0.6 is 11.8 Å². The first-order valence-corrected chi connectivity index (χ1v) is 13.7. The quantitative estimate of drug-likeness (QED) is 0.205. The molecule has 0 radical (unpaired) electrons. The van der Waals surface area contributed by atoms with Crippen molar-refractivity contribution in [3.8, 4) is 0 Å². The van der Waals surface area contributed by atoms with Gasteiger partial charge >= 0.3 is 11.9 Å². The first kappa shape index (κ1) is 29.0. The molecule has 206 valence electrons. The van der Waals surface area contributed by atoms with Crippen LogP contribution in [0.1, 0.15) is 31.2 Å². The Balaban J connectivity index is 1.82. The van der Waals surface area contributed by atoms with Crippen LogP contribution in [0.5, 0.6) is 0 Å². The van der Waals surface area contributed by atoms with Gasteiger partial charge in [-0.25, -0.2) is 4.79 Å². The molecule has 0 bridgehead atoms. The summed E-state index contributed by atoms with van der Waals surface area (Å²) in [6, 6.07) is 2.97. The van der Waals surface area contributed by atoms with Crippen LogP contribution in [0.3, 0.4) is 0 Å². The third kappa shape index (κ3) is 7.25. The van der Waals surface area contributed by atoms with E-state index in [1.165, 1.54) is 16.7 Å². The van der Waals surface area contributed by atoms with E-state index in [-0.39, 0.29) is 19.4 Å². The van der Waals surface area contributed by atoms with Gasteiger partial charge in [-0.3, -0.25) is 19.2 Å². The molecule has 13 heteroatoms. The molecule has 4 atom stereocenters. The minimum atomic E-state index is -1.36. The second-order valence-electron chi connectivity index (χ2n) is 9.20. The van der Waals surface area contributed by atoms with Crippen LogP contribution in [0.2, 0.25) is 0 Å². The zero-order valence-corrected chi connectivity index (χ0v) is 21.8. The third-order valence-corrected chi connectivity index (χ3v) is 7.15. The molecule has 2 aromatic rings. The number of aromatic amines is 1. The summed E-state index contributed by atoms with van der Waals surface area (Å²) in [5.74, 6) is -3.75. The number of fused-ring (bicyclic) bond motifs is 1. The Kier molecular flexibility index (Phi) is 10.1. The van der Waals surface area contributed by atoms with Crippen LogP contribution in [-0.4, -0.2) is 92.5 Å². The molecular formula is C25H33N5O7S. The molecule has 0 saturated carbocycles. The third-order valence-electron chi connectivity index (χ3n) is 6.51. The second kappa shape index (κ2) is 13.3. The molecule has 0 spiro atoms. The molecule has 1 aromatic heterocycles. The highest BCUT2D eigenvalue weighted by molar-refractivity contribution is 7.98. The van der Waals surface area contributed by atoms with Gasteiger partial charge in [0.1, 0.15) is 18.1 Å². The summed E-state index contributed by atoms with van der Waals surface area (Å²) in [6.07, 6.45) is 4.14.